The van der Waals surface area contributed by atoms with Crippen molar-refractivity contribution in [3.05, 3.63) is 18.1 Å². The third kappa shape index (κ3) is 4.72. The number of aromatic nitrogens is 2. The third-order valence-corrected chi connectivity index (χ3v) is 2.29. The van der Waals surface area contributed by atoms with E-state index in [4.69, 9.17) is 5.11 Å². The average Bonchev–Trinajstić information content (AvgIpc) is 2.23. The van der Waals surface area contributed by atoms with Crippen LogP contribution in [0, 0.1) is 12.8 Å². The Kier molecular flexibility index (Phi) is 4.69. The second-order valence-electron chi connectivity index (χ2n) is 3.96. The molecule has 1 aromatic rings. The second kappa shape index (κ2) is 6.05. The number of carboxylic acid groups (broad SMARTS) is 1. The standard InChI is InChI=1S/C11H17N3O2/c1-8(3-4-11(15)16)6-12-10-5-9(2)13-7-14-10/h5,7-8H,3-4,6H2,1-2H3,(H,15,16)(H,12,13,14). The van der Waals surface area contributed by atoms with Crippen LogP contribution in [0.3, 0.4) is 0 Å². The normalized spacial score (nSPS) is 12.1. The highest BCUT2D eigenvalue weighted by molar-refractivity contribution is 5.66. The molecule has 0 spiro atoms. The molecule has 0 fully saturated rings. The molecule has 0 saturated heterocycles. The van der Waals surface area contributed by atoms with Gasteiger partial charge in [0.05, 0.1) is 0 Å². The molecule has 16 heavy (non-hydrogen) atoms. The van der Waals surface area contributed by atoms with Gasteiger partial charge in [0.1, 0.15) is 12.1 Å². The zero-order valence-electron chi connectivity index (χ0n) is 9.60. The van der Waals surface area contributed by atoms with Crippen LogP contribution in [0.1, 0.15) is 25.5 Å². The highest BCUT2D eigenvalue weighted by atomic mass is 16.4. The number of hydrogen-bond acceptors (Lipinski definition) is 4. The predicted molar refractivity (Wildman–Crippen MR) is 61.3 cm³/mol. The van der Waals surface area contributed by atoms with Crippen molar-refractivity contribution in [1.29, 1.82) is 0 Å². The molecule has 1 aromatic heterocycles. The molecular weight excluding hydrogens is 206 g/mol. The molecule has 88 valence electrons. The molecule has 0 bridgehead atoms. The lowest BCUT2D eigenvalue weighted by molar-refractivity contribution is -0.137. The van der Waals surface area contributed by atoms with Gasteiger partial charge in [0, 0.05) is 24.7 Å². The van der Waals surface area contributed by atoms with Crippen LogP contribution in [0.15, 0.2) is 12.4 Å². The van der Waals surface area contributed by atoms with Crippen molar-refractivity contribution in [2.24, 2.45) is 5.92 Å². The van der Waals surface area contributed by atoms with Gasteiger partial charge in [0.25, 0.3) is 0 Å². The molecule has 0 amide bonds. The maximum atomic E-state index is 10.4. The molecule has 1 unspecified atom stereocenters. The number of carbonyl (C=O) groups is 1. The van der Waals surface area contributed by atoms with Gasteiger partial charge in [0.2, 0.25) is 0 Å². The van der Waals surface area contributed by atoms with Gasteiger partial charge in [-0.15, -0.1) is 0 Å². The van der Waals surface area contributed by atoms with Gasteiger partial charge in [-0.3, -0.25) is 4.79 Å². The summed E-state index contributed by atoms with van der Waals surface area (Å²) >= 11 is 0. The minimum atomic E-state index is -0.746. The number of nitrogens with one attached hydrogen (secondary N) is 1. The highest BCUT2D eigenvalue weighted by Crippen LogP contribution is 2.08. The van der Waals surface area contributed by atoms with Crippen LogP contribution in [-0.2, 0) is 4.79 Å². The lowest BCUT2D eigenvalue weighted by atomic mass is 10.1. The number of aryl methyl sites for hydroxylation is 1. The van der Waals surface area contributed by atoms with E-state index in [0.717, 1.165) is 18.1 Å². The highest BCUT2D eigenvalue weighted by Gasteiger charge is 2.05. The van der Waals surface area contributed by atoms with E-state index < -0.39 is 5.97 Å². The smallest absolute Gasteiger partial charge is 0.303 e. The van der Waals surface area contributed by atoms with Crippen LogP contribution < -0.4 is 5.32 Å². The van der Waals surface area contributed by atoms with Gasteiger partial charge in [-0.2, -0.15) is 0 Å². The van der Waals surface area contributed by atoms with E-state index in [9.17, 15) is 4.79 Å². The Balaban J connectivity index is 2.31. The van der Waals surface area contributed by atoms with E-state index in [1.807, 2.05) is 19.9 Å². The maximum absolute atomic E-state index is 10.4. The summed E-state index contributed by atoms with van der Waals surface area (Å²) < 4.78 is 0. The Morgan fingerprint density at radius 2 is 2.31 bits per heavy atom. The molecule has 1 rings (SSSR count). The number of rotatable bonds is 6. The van der Waals surface area contributed by atoms with Crippen molar-refractivity contribution < 1.29 is 9.90 Å². The Morgan fingerprint density at radius 1 is 1.56 bits per heavy atom. The molecule has 5 heteroatoms. The summed E-state index contributed by atoms with van der Waals surface area (Å²) in [4.78, 5) is 18.4. The summed E-state index contributed by atoms with van der Waals surface area (Å²) in [6.07, 6.45) is 2.40. The number of carboxylic acids is 1. The van der Waals surface area contributed by atoms with Crippen LogP contribution in [-0.4, -0.2) is 27.6 Å². The van der Waals surface area contributed by atoms with Gasteiger partial charge in [-0.1, -0.05) is 6.92 Å². The molecule has 0 aromatic carbocycles. The maximum Gasteiger partial charge on any atom is 0.303 e. The minimum Gasteiger partial charge on any atom is -0.481 e. The molecule has 0 aliphatic rings. The first-order valence-electron chi connectivity index (χ1n) is 5.32. The van der Waals surface area contributed by atoms with E-state index in [-0.39, 0.29) is 6.42 Å². The van der Waals surface area contributed by atoms with Crippen molar-refractivity contribution in [2.75, 3.05) is 11.9 Å². The molecule has 2 N–H and O–H groups in total. The van der Waals surface area contributed by atoms with E-state index in [0.29, 0.717) is 12.3 Å². The summed E-state index contributed by atoms with van der Waals surface area (Å²) in [6.45, 7) is 4.65. The molecule has 0 aliphatic heterocycles. The fraction of sp³-hybridized carbons (Fsp3) is 0.545. The lowest BCUT2D eigenvalue weighted by Crippen LogP contribution is -2.13. The van der Waals surface area contributed by atoms with Gasteiger partial charge in [-0.25, -0.2) is 9.97 Å². The van der Waals surface area contributed by atoms with Crippen LogP contribution in [0.5, 0.6) is 0 Å². The van der Waals surface area contributed by atoms with E-state index in [1.165, 1.54) is 6.33 Å². The Labute approximate surface area is 94.9 Å². The number of anilines is 1. The average molecular weight is 223 g/mol. The summed E-state index contributed by atoms with van der Waals surface area (Å²) in [7, 11) is 0. The minimum absolute atomic E-state index is 0.214. The van der Waals surface area contributed by atoms with Crippen molar-refractivity contribution >= 4 is 11.8 Å². The number of hydrogen-bond donors (Lipinski definition) is 2. The molecule has 0 radical (unpaired) electrons. The monoisotopic (exact) mass is 223 g/mol. The quantitative estimate of drug-likeness (QED) is 0.767. The topological polar surface area (TPSA) is 75.1 Å². The zero-order chi connectivity index (χ0) is 12.0. The summed E-state index contributed by atoms with van der Waals surface area (Å²) in [5.74, 6) is 0.353. The molecule has 0 saturated carbocycles. The third-order valence-electron chi connectivity index (χ3n) is 2.29. The first-order valence-corrected chi connectivity index (χ1v) is 5.32. The summed E-state index contributed by atoms with van der Waals surface area (Å²) in [5.41, 5.74) is 0.913. The predicted octanol–water partition coefficient (Wildman–Crippen LogP) is 1.70. The Morgan fingerprint density at radius 3 is 2.94 bits per heavy atom. The summed E-state index contributed by atoms with van der Waals surface area (Å²) in [6, 6.07) is 1.86. The number of aliphatic carboxylic acids is 1. The molecule has 1 heterocycles. The van der Waals surface area contributed by atoms with Crippen molar-refractivity contribution in [2.45, 2.75) is 26.7 Å². The SMILES string of the molecule is Cc1cc(NCC(C)CCC(=O)O)ncn1. The van der Waals surface area contributed by atoms with Gasteiger partial charge in [0.15, 0.2) is 0 Å². The van der Waals surface area contributed by atoms with Gasteiger partial charge >= 0.3 is 5.97 Å². The molecular formula is C11H17N3O2. The van der Waals surface area contributed by atoms with Crippen LogP contribution in [0.4, 0.5) is 5.82 Å². The lowest BCUT2D eigenvalue weighted by Gasteiger charge is -2.11. The van der Waals surface area contributed by atoms with Gasteiger partial charge in [-0.05, 0) is 19.3 Å². The van der Waals surface area contributed by atoms with Crippen LogP contribution >= 0.6 is 0 Å². The fourth-order valence-corrected chi connectivity index (χ4v) is 1.30. The van der Waals surface area contributed by atoms with E-state index >= 15 is 0 Å². The molecule has 1 atom stereocenters. The number of nitrogens with zero attached hydrogens (tertiary/aromatic N) is 2. The van der Waals surface area contributed by atoms with Gasteiger partial charge < -0.3 is 10.4 Å². The van der Waals surface area contributed by atoms with E-state index in [2.05, 4.69) is 15.3 Å². The summed E-state index contributed by atoms with van der Waals surface area (Å²) in [5, 5.41) is 11.7. The first-order chi connectivity index (χ1) is 7.58. The van der Waals surface area contributed by atoms with Crippen LogP contribution in [0.25, 0.3) is 0 Å². The fourth-order valence-electron chi connectivity index (χ4n) is 1.30. The Hall–Kier alpha value is -1.65. The zero-order valence-corrected chi connectivity index (χ0v) is 9.60. The Bertz CT molecular complexity index is 355. The molecule has 0 aliphatic carbocycles. The van der Waals surface area contributed by atoms with Crippen LogP contribution in [0.2, 0.25) is 0 Å². The van der Waals surface area contributed by atoms with E-state index in [1.54, 1.807) is 0 Å². The first kappa shape index (κ1) is 12.4. The van der Waals surface area contributed by atoms with Crippen molar-refractivity contribution in [1.82, 2.24) is 9.97 Å². The van der Waals surface area contributed by atoms with Crippen molar-refractivity contribution in [3.8, 4) is 0 Å². The second-order valence-corrected chi connectivity index (χ2v) is 3.96. The largest absolute Gasteiger partial charge is 0.481 e. The van der Waals surface area contributed by atoms with Crippen molar-refractivity contribution in [3.63, 3.8) is 0 Å². The molecule has 5 nitrogen and oxygen atoms in total.